The van der Waals surface area contributed by atoms with Crippen LogP contribution in [-0.2, 0) is 9.53 Å². The first-order valence-electron chi connectivity index (χ1n) is 7.50. The zero-order valence-electron chi connectivity index (χ0n) is 13.7. The van der Waals surface area contributed by atoms with Crippen molar-refractivity contribution in [2.45, 2.75) is 26.7 Å². The van der Waals surface area contributed by atoms with Crippen molar-refractivity contribution in [2.24, 2.45) is 5.92 Å². The lowest BCUT2D eigenvalue weighted by molar-refractivity contribution is -0.140. The van der Waals surface area contributed by atoms with Crippen LogP contribution in [0.2, 0.25) is 0 Å². The zero-order chi connectivity index (χ0) is 18.8. The van der Waals surface area contributed by atoms with Gasteiger partial charge in [-0.05, 0) is 12.1 Å². The van der Waals surface area contributed by atoms with Crippen LogP contribution in [0, 0.1) is 5.92 Å². The number of rotatable bonds is 6. The van der Waals surface area contributed by atoms with Gasteiger partial charge in [0.05, 0.1) is 11.5 Å². The third kappa shape index (κ3) is 4.23. The molecule has 1 aromatic rings. The number of aromatic nitrogens is 1. The van der Waals surface area contributed by atoms with E-state index in [4.69, 9.17) is 4.74 Å². The van der Waals surface area contributed by atoms with Crippen LogP contribution in [0.15, 0.2) is 23.2 Å². The number of nitrogens with zero attached hydrogens (tertiary/aromatic N) is 2. The second-order valence-electron chi connectivity index (χ2n) is 5.61. The largest absolute Gasteiger partial charge is 0.424 e. The quantitative estimate of drug-likeness (QED) is 0.348. The summed E-state index contributed by atoms with van der Waals surface area (Å²) < 4.78 is 54.1. The summed E-state index contributed by atoms with van der Waals surface area (Å²) >= 11 is 2.03. The molecule has 1 aromatic heterocycles. The molecule has 25 heavy (non-hydrogen) atoms. The van der Waals surface area contributed by atoms with Crippen LogP contribution in [0.3, 0.4) is 0 Å². The van der Waals surface area contributed by atoms with Gasteiger partial charge in [-0.2, -0.15) is 0 Å². The second kappa shape index (κ2) is 8.14. The molecular formula is C15H19F2IN2O4S. The van der Waals surface area contributed by atoms with E-state index in [9.17, 15) is 22.7 Å². The van der Waals surface area contributed by atoms with Crippen molar-refractivity contribution in [1.29, 1.82) is 0 Å². The first-order valence-corrected chi connectivity index (χ1v) is 10.5. The maximum absolute atomic E-state index is 13.0. The van der Waals surface area contributed by atoms with Gasteiger partial charge >= 0.3 is 5.97 Å². The molecule has 0 radical (unpaired) electrons. The number of ether oxygens (including phenoxy) is 1. The van der Waals surface area contributed by atoms with Gasteiger partial charge in [0.15, 0.2) is 11.6 Å². The Bertz CT molecular complexity index is 685. The molecule has 0 fully saturated rings. The number of hydrogen-bond donors (Lipinski definition) is 2. The first kappa shape index (κ1) is 20.3. The fraction of sp³-hybridized carbons (Fsp3) is 0.467. The van der Waals surface area contributed by atoms with Gasteiger partial charge in [-0.15, -0.1) is 0 Å². The van der Waals surface area contributed by atoms with Crippen molar-refractivity contribution in [2.75, 3.05) is 15.3 Å². The van der Waals surface area contributed by atoms with Gasteiger partial charge in [0.25, 0.3) is 6.43 Å². The number of esters is 1. The SMILES string of the molecule is CC(C)C(=O)OC1=C(CCI)S(O)(O)N(CC(F)F)c2ncccc21. The number of allylic oxidation sites excluding steroid dienone is 1. The minimum atomic E-state index is -3.77. The average molecular weight is 488 g/mol. The molecule has 6 nitrogen and oxygen atoms in total. The standard InChI is InChI=1S/C15H19F2IN2O4S/c1-9(2)15(21)24-13-10-4-3-7-19-14(10)20(8-12(16)17)25(22,23)11(13)5-6-18/h3-4,7,9,12,22-23H,5-6,8H2,1-2H3. The van der Waals surface area contributed by atoms with E-state index in [1.807, 2.05) is 22.6 Å². The summed E-state index contributed by atoms with van der Waals surface area (Å²) in [6.07, 6.45) is -1.25. The van der Waals surface area contributed by atoms with Gasteiger partial charge in [-0.25, -0.2) is 18.1 Å². The summed E-state index contributed by atoms with van der Waals surface area (Å²) in [6.45, 7) is 2.41. The number of fused-ring (bicyclic) bond motifs is 1. The maximum Gasteiger partial charge on any atom is 0.313 e. The van der Waals surface area contributed by atoms with Crippen molar-refractivity contribution in [3.63, 3.8) is 0 Å². The number of anilines is 1. The maximum atomic E-state index is 13.0. The van der Waals surface area contributed by atoms with E-state index in [1.54, 1.807) is 26.0 Å². The summed E-state index contributed by atoms with van der Waals surface area (Å²) in [5.74, 6) is -1.02. The molecule has 10 heteroatoms. The van der Waals surface area contributed by atoms with Gasteiger partial charge in [0, 0.05) is 17.0 Å². The van der Waals surface area contributed by atoms with Crippen molar-refractivity contribution in [3.05, 3.63) is 28.8 Å². The lowest BCUT2D eigenvalue weighted by atomic mass is 10.1. The zero-order valence-corrected chi connectivity index (χ0v) is 16.6. The van der Waals surface area contributed by atoms with Crippen molar-refractivity contribution < 1.29 is 27.4 Å². The summed E-state index contributed by atoms with van der Waals surface area (Å²) in [4.78, 5) is 16.1. The molecule has 0 saturated carbocycles. The molecule has 0 atom stereocenters. The van der Waals surface area contributed by atoms with Crippen LogP contribution < -0.4 is 4.31 Å². The highest BCUT2D eigenvalue weighted by atomic mass is 127. The number of carbonyl (C=O) groups is 1. The molecule has 0 unspecified atom stereocenters. The van der Waals surface area contributed by atoms with Crippen molar-refractivity contribution in [3.8, 4) is 0 Å². The van der Waals surface area contributed by atoms with Crippen LogP contribution >= 0.6 is 33.4 Å². The predicted octanol–water partition coefficient (Wildman–Crippen LogP) is 4.53. The molecule has 0 aromatic carbocycles. The Morgan fingerprint density at radius 3 is 2.68 bits per heavy atom. The lowest BCUT2D eigenvalue weighted by Gasteiger charge is -2.48. The molecule has 1 aliphatic heterocycles. The Morgan fingerprint density at radius 2 is 2.12 bits per heavy atom. The average Bonchev–Trinajstić information content (AvgIpc) is 2.54. The Kier molecular flexibility index (Phi) is 6.62. The second-order valence-corrected chi connectivity index (χ2v) is 8.66. The number of halogens is 3. The van der Waals surface area contributed by atoms with Gasteiger partial charge < -0.3 is 4.74 Å². The number of pyridine rings is 1. The van der Waals surface area contributed by atoms with Crippen molar-refractivity contribution >= 4 is 50.9 Å². The molecule has 0 amide bonds. The highest BCUT2D eigenvalue weighted by molar-refractivity contribution is 14.1. The van der Waals surface area contributed by atoms with E-state index in [2.05, 4.69) is 4.98 Å². The minimum Gasteiger partial charge on any atom is -0.424 e. The van der Waals surface area contributed by atoms with Crippen LogP contribution in [0.5, 0.6) is 0 Å². The molecule has 2 N–H and O–H groups in total. The molecule has 0 spiro atoms. The molecule has 140 valence electrons. The van der Waals surface area contributed by atoms with Gasteiger partial charge in [0.2, 0.25) is 0 Å². The Morgan fingerprint density at radius 1 is 1.44 bits per heavy atom. The monoisotopic (exact) mass is 488 g/mol. The van der Waals surface area contributed by atoms with Gasteiger partial charge in [-0.3, -0.25) is 13.9 Å². The van der Waals surface area contributed by atoms with Crippen LogP contribution in [-0.4, -0.2) is 37.5 Å². The number of carbonyl (C=O) groups excluding carboxylic acids is 1. The Balaban J connectivity index is 2.65. The number of hydrogen-bond acceptors (Lipinski definition) is 6. The topological polar surface area (TPSA) is 82.9 Å². The normalized spacial score (nSPS) is 17.7. The van der Waals surface area contributed by atoms with E-state index in [1.165, 1.54) is 6.20 Å². The molecular weight excluding hydrogens is 469 g/mol. The highest BCUT2D eigenvalue weighted by Crippen LogP contribution is 2.61. The van der Waals surface area contributed by atoms with E-state index in [0.717, 1.165) is 4.31 Å². The third-order valence-electron chi connectivity index (χ3n) is 3.46. The summed E-state index contributed by atoms with van der Waals surface area (Å²) in [6, 6.07) is 3.13. The fourth-order valence-corrected chi connectivity index (χ4v) is 4.94. The van der Waals surface area contributed by atoms with E-state index < -0.39 is 35.6 Å². The first-order chi connectivity index (χ1) is 11.7. The predicted molar refractivity (Wildman–Crippen MR) is 102 cm³/mol. The van der Waals surface area contributed by atoms with Gasteiger partial charge in [0.1, 0.15) is 11.4 Å². The Hall–Kier alpha value is -0.980. The van der Waals surface area contributed by atoms with Gasteiger partial charge in [-0.1, -0.05) is 47.2 Å². The Labute approximate surface area is 159 Å². The molecule has 2 heterocycles. The third-order valence-corrected chi connectivity index (χ3v) is 5.98. The minimum absolute atomic E-state index is 0.00369. The molecule has 0 aliphatic carbocycles. The van der Waals surface area contributed by atoms with Crippen LogP contribution in [0.1, 0.15) is 25.8 Å². The summed E-state index contributed by atoms with van der Waals surface area (Å²) in [5, 5.41) is 0. The molecule has 0 bridgehead atoms. The van der Waals surface area contributed by atoms with Crippen LogP contribution in [0.4, 0.5) is 14.6 Å². The molecule has 2 rings (SSSR count). The highest BCUT2D eigenvalue weighted by Gasteiger charge is 2.41. The molecule has 0 saturated heterocycles. The van der Waals surface area contributed by atoms with Crippen LogP contribution in [0.25, 0.3) is 5.76 Å². The summed E-state index contributed by atoms with van der Waals surface area (Å²) in [7, 11) is -3.77. The summed E-state index contributed by atoms with van der Waals surface area (Å²) in [5.41, 5.74) is 0.295. The fourth-order valence-electron chi connectivity index (χ4n) is 2.28. The van der Waals surface area contributed by atoms with E-state index in [0.29, 0.717) is 9.99 Å². The van der Waals surface area contributed by atoms with E-state index in [-0.39, 0.29) is 22.9 Å². The smallest absolute Gasteiger partial charge is 0.313 e. The molecule has 1 aliphatic rings. The number of alkyl halides is 3. The lowest BCUT2D eigenvalue weighted by Crippen LogP contribution is -2.37. The van der Waals surface area contributed by atoms with Crippen molar-refractivity contribution in [1.82, 2.24) is 4.98 Å². The van der Waals surface area contributed by atoms with E-state index >= 15 is 0 Å².